The van der Waals surface area contributed by atoms with E-state index in [-0.39, 0.29) is 5.56 Å². The molecule has 0 aliphatic rings. The number of hydrogen-bond donors (Lipinski definition) is 1. The zero-order valence-electron chi connectivity index (χ0n) is 8.11. The molecule has 5 heteroatoms. The van der Waals surface area contributed by atoms with Gasteiger partial charge in [-0.15, -0.1) is 0 Å². The fourth-order valence-electron chi connectivity index (χ4n) is 1.18. The molecule has 84 valence electrons. The fraction of sp³-hybridized carbons (Fsp3) is 0.400. The van der Waals surface area contributed by atoms with Crippen LogP contribution in [0.2, 0.25) is 0 Å². The largest absolute Gasteiger partial charge is 0.325 e. The van der Waals surface area contributed by atoms with Crippen molar-refractivity contribution in [2.45, 2.75) is 18.5 Å². The molecule has 1 atom stereocenters. The van der Waals surface area contributed by atoms with Crippen LogP contribution in [0.3, 0.4) is 0 Å². The third-order valence-corrected chi connectivity index (χ3v) is 2.80. The number of hydrogen-bond acceptors (Lipinski definition) is 1. The molecule has 15 heavy (non-hydrogen) atoms. The molecule has 0 saturated carbocycles. The highest BCUT2D eigenvalue weighted by atomic mass is 79.9. The molecule has 1 aromatic rings. The average molecular weight is 282 g/mol. The van der Waals surface area contributed by atoms with Crippen molar-refractivity contribution >= 4 is 15.9 Å². The molecule has 0 aromatic heterocycles. The summed E-state index contributed by atoms with van der Waals surface area (Å²) in [7, 11) is 0. The van der Waals surface area contributed by atoms with Gasteiger partial charge in [-0.05, 0) is 24.6 Å². The predicted molar refractivity (Wildman–Crippen MR) is 56.6 cm³/mol. The Balaban J connectivity index is 3.16. The highest BCUT2D eigenvalue weighted by Gasteiger charge is 2.51. The van der Waals surface area contributed by atoms with E-state index < -0.39 is 18.1 Å². The first-order chi connectivity index (χ1) is 6.81. The normalized spacial score (nSPS) is 16.1. The minimum absolute atomic E-state index is 0.0904. The fourth-order valence-corrected chi connectivity index (χ4v) is 1.58. The number of rotatable bonds is 3. The summed E-state index contributed by atoms with van der Waals surface area (Å²) in [5.41, 5.74) is 2.02. The van der Waals surface area contributed by atoms with Crippen LogP contribution < -0.4 is 5.73 Å². The van der Waals surface area contributed by atoms with Crippen LogP contribution in [0.15, 0.2) is 28.7 Å². The Morgan fingerprint density at radius 3 is 2.40 bits per heavy atom. The lowest BCUT2D eigenvalue weighted by Crippen LogP contribution is -2.45. The van der Waals surface area contributed by atoms with E-state index in [1.54, 1.807) is 6.07 Å². The van der Waals surface area contributed by atoms with Gasteiger partial charge in [0.2, 0.25) is 0 Å². The SMILES string of the molecule is CC(F)(c1cccc(Br)c1)C(F)(F)CN. The second-order valence-electron chi connectivity index (χ2n) is 3.42. The van der Waals surface area contributed by atoms with Crippen LogP contribution in [-0.2, 0) is 5.67 Å². The molecule has 1 nitrogen and oxygen atoms in total. The Bertz CT molecular complexity index is 352. The minimum Gasteiger partial charge on any atom is -0.325 e. The minimum atomic E-state index is -3.58. The molecule has 2 N–H and O–H groups in total. The molecule has 0 bridgehead atoms. The van der Waals surface area contributed by atoms with Crippen molar-refractivity contribution in [2.75, 3.05) is 6.54 Å². The zero-order chi connectivity index (χ0) is 11.7. The summed E-state index contributed by atoms with van der Waals surface area (Å²) in [6, 6.07) is 5.78. The number of halogens is 4. The van der Waals surface area contributed by atoms with Crippen molar-refractivity contribution in [3.8, 4) is 0 Å². The smallest absolute Gasteiger partial charge is 0.297 e. The quantitative estimate of drug-likeness (QED) is 0.905. The zero-order valence-corrected chi connectivity index (χ0v) is 9.69. The first-order valence-corrected chi connectivity index (χ1v) is 5.13. The standard InChI is InChI=1S/C10H11BrF3N/c1-9(12,10(13,14)6-15)7-3-2-4-8(11)5-7/h2-5H,6,15H2,1H3. The Morgan fingerprint density at radius 2 is 1.93 bits per heavy atom. The van der Waals surface area contributed by atoms with Crippen LogP contribution >= 0.6 is 15.9 Å². The number of alkyl halides is 3. The second kappa shape index (κ2) is 4.14. The third-order valence-electron chi connectivity index (χ3n) is 2.31. The van der Waals surface area contributed by atoms with Gasteiger partial charge in [0.25, 0.3) is 5.92 Å². The van der Waals surface area contributed by atoms with Gasteiger partial charge in [-0.2, -0.15) is 0 Å². The van der Waals surface area contributed by atoms with Crippen molar-refractivity contribution in [2.24, 2.45) is 5.73 Å². The highest BCUT2D eigenvalue weighted by Crippen LogP contribution is 2.40. The predicted octanol–water partition coefficient (Wildman–Crippen LogP) is 3.23. The van der Waals surface area contributed by atoms with Gasteiger partial charge in [-0.1, -0.05) is 28.1 Å². The van der Waals surface area contributed by atoms with Crippen LogP contribution in [0.4, 0.5) is 13.2 Å². The molecule has 1 unspecified atom stereocenters. The third kappa shape index (κ3) is 2.34. The lowest BCUT2D eigenvalue weighted by atomic mass is 9.91. The van der Waals surface area contributed by atoms with Gasteiger partial charge in [0.15, 0.2) is 5.67 Å². The number of nitrogens with two attached hydrogens (primary N) is 1. The van der Waals surface area contributed by atoms with E-state index in [4.69, 9.17) is 5.73 Å². The molecule has 0 heterocycles. The monoisotopic (exact) mass is 281 g/mol. The molecule has 0 spiro atoms. The first kappa shape index (κ1) is 12.5. The summed E-state index contributed by atoms with van der Waals surface area (Å²) >= 11 is 3.10. The topological polar surface area (TPSA) is 26.0 Å². The van der Waals surface area contributed by atoms with Gasteiger partial charge in [0, 0.05) is 4.47 Å². The molecular formula is C10H11BrF3N. The maximum absolute atomic E-state index is 13.9. The molecule has 0 radical (unpaired) electrons. The van der Waals surface area contributed by atoms with E-state index in [0.717, 1.165) is 6.92 Å². The molecule has 0 aliphatic heterocycles. The van der Waals surface area contributed by atoms with Crippen LogP contribution in [0.25, 0.3) is 0 Å². The maximum atomic E-state index is 13.9. The first-order valence-electron chi connectivity index (χ1n) is 4.34. The maximum Gasteiger partial charge on any atom is 0.297 e. The van der Waals surface area contributed by atoms with E-state index in [9.17, 15) is 13.2 Å². The van der Waals surface area contributed by atoms with E-state index in [0.29, 0.717) is 4.47 Å². The Hall–Kier alpha value is -0.550. The lowest BCUT2D eigenvalue weighted by molar-refractivity contribution is -0.126. The summed E-state index contributed by atoms with van der Waals surface area (Å²) in [4.78, 5) is 0. The average Bonchev–Trinajstić information content (AvgIpc) is 2.17. The molecular weight excluding hydrogens is 271 g/mol. The van der Waals surface area contributed by atoms with Crippen molar-refractivity contribution < 1.29 is 13.2 Å². The number of benzene rings is 1. The van der Waals surface area contributed by atoms with E-state index >= 15 is 0 Å². The van der Waals surface area contributed by atoms with E-state index in [1.165, 1.54) is 18.2 Å². The summed E-state index contributed by atoms with van der Waals surface area (Å²) in [6.45, 7) is -0.186. The second-order valence-corrected chi connectivity index (χ2v) is 4.34. The Morgan fingerprint density at radius 1 is 1.33 bits per heavy atom. The molecule has 1 aromatic carbocycles. The van der Waals surface area contributed by atoms with E-state index in [2.05, 4.69) is 15.9 Å². The van der Waals surface area contributed by atoms with Gasteiger partial charge in [-0.3, -0.25) is 0 Å². The summed E-state index contributed by atoms with van der Waals surface area (Å²) < 4.78 is 40.9. The van der Waals surface area contributed by atoms with Gasteiger partial charge in [0.05, 0.1) is 6.54 Å². The Labute approximate surface area is 94.6 Å². The molecule has 0 saturated heterocycles. The van der Waals surface area contributed by atoms with Crippen LogP contribution in [0.5, 0.6) is 0 Å². The van der Waals surface area contributed by atoms with Crippen LogP contribution in [-0.4, -0.2) is 12.5 Å². The van der Waals surface area contributed by atoms with Gasteiger partial charge >= 0.3 is 0 Å². The molecule has 0 fully saturated rings. The van der Waals surface area contributed by atoms with Crippen molar-refractivity contribution in [1.29, 1.82) is 0 Å². The summed E-state index contributed by atoms with van der Waals surface area (Å²) in [5, 5.41) is 0. The van der Waals surface area contributed by atoms with E-state index in [1.807, 2.05) is 0 Å². The van der Waals surface area contributed by atoms with Crippen molar-refractivity contribution in [3.63, 3.8) is 0 Å². The van der Waals surface area contributed by atoms with Gasteiger partial charge in [0.1, 0.15) is 0 Å². The summed E-state index contributed by atoms with van der Waals surface area (Å²) in [6.07, 6.45) is 0. The van der Waals surface area contributed by atoms with Gasteiger partial charge in [-0.25, -0.2) is 13.2 Å². The molecule has 0 aliphatic carbocycles. The van der Waals surface area contributed by atoms with Crippen molar-refractivity contribution in [1.82, 2.24) is 0 Å². The highest BCUT2D eigenvalue weighted by molar-refractivity contribution is 9.10. The Kier molecular flexibility index (Phi) is 3.45. The molecule has 0 amide bonds. The van der Waals surface area contributed by atoms with Gasteiger partial charge < -0.3 is 5.73 Å². The van der Waals surface area contributed by atoms with Crippen molar-refractivity contribution in [3.05, 3.63) is 34.3 Å². The molecule has 1 rings (SSSR count). The van der Waals surface area contributed by atoms with Crippen LogP contribution in [0.1, 0.15) is 12.5 Å². The summed E-state index contributed by atoms with van der Waals surface area (Å²) in [5.74, 6) is -3.58. The lowest BCUT2D eigenvalue weighted by Gasteiger charge is -2.29. The van der Waals surface area contributed by atoms with Crippen LogP contribution in [0, 0.1) is 0 Å².